The van der Waals surface area contributed by atoms with E-state index in [1.54, 1.807) is 27.1 Å². The highest BCUT2D eigenvalue weighted by Crippen LogP contribution is 2.40. The zero-order valence-electron chi connectivity index (χ0n) is 83.9. The van der Waals surface area contributed by atoms with Gasteiger partial charge in [0.25, 0.3) is 0 Å². The minimum Gasteiger partial charge on any atom is -0.469 e. The van der Waals surface area contributed by atoms with Gasteiger partial charge in [-0.25, -0.2) is 39.3 Å². The molecule has 4 fully saturated rings. The number of esters is 2. The van der Waals surface area contributed by atoms with Crippen LogP contribution in [0.15, 0.2) is 127 Å². The molecule has 138 heavy (non-hydrogen) atoms. The van der Waals surface area contributed by atoms with E-state index in [4.69, 9.17) is 43.2 Å². The van der Waals surface area contributed by atoms with Crippen LogP contribution in [-0.2, 0) is 80.2 Å². The predicted molar refractivity (Wildman–Crippen MR) is 533 cm³/mol. The van der Waals surface area contributed by atoms with Gasteiger partial charge >= 0.3 is 24.1 Å². The van der Waals surface area contributed by atoms with Crippen LogP contribution >= 0.6 is 0 Å². The van der Waals surface area contributed by atoms with Gasteiger partial charge in [-0.3, -0.25) is 33.6 Å². The van der Waals surface area contributed by atoms with Crippen LogP contribution in [0.5, 0.6) is 0 Å². The Morgan fingerprint density at radius 3 is 1.31 bits per heavy atom. The number of isocyanates is 1. The van der Waals surface area contributed by atoms with E-state index >= 15 is 0 Å². The Morgan fingerprint density at radius 1 is 0.471 bits per heavy atom. The van der Waals surface area contributed by atoms with Gasteiger partial charge in [-0.2, -0.15) is 0 Å². The predicted octanol–water partition coefficient (Wildman–Crippen LogP) is 16.2. The van der Waals surface area contributed by atoms with Crippen molar-refractivity contribution in [2.75, 3.05) is 88.0 Å². The first-order chi connectivity index (χ1) is 65.9. The molecule has 4 N–H and O–H groups in total. The molecule has 8 atom stereocenters. The van der Waals surface area contributed by atoms with Gasteiger partial charge < -0.3 is 82.7 Å². The lowest BCUT2D eigenvalue weighted by atomic mass is 9.89. The molecular weight excluding hydrogens is 1790 g/mol. The summed E-state index contributed by atoms with van der Waals surface area (Å²) in [5, 5.41) is 5.44. The molecule has 32 nitrogen and oxygen atoms in total. The van der Waals surface area contributed by atoms with E-state index in [1.165, 1.54) is 41.6 Å². The van der Waals surface area contributed by atoms with Crippen LogP contribution in [0.1, 0.15) is 196 Å². The highest BCUT2D eigenvalue weighted by molar-refractivity contribution is 6.76. The highest BCUT2D eigenvalue weighted by atomic mass is 28.3. The van der Waals surface area contributed by atoms with Crippen LogP contribution in [0.4, 0.5) is 9.59 Å². The van der Waals surface area contributed by atoms with E-state index in [-0.39, 0.29) is 90.1 Å². The average molecular weight is 1930 g/mol. The molecule has 7 amide bonds. The van der Waals surface area contributed by atoms with Crippen molar-refractivity contribution in [3.63, 3.8) is 0 Å². The quantitative estimate of drug-likeness (QED) is 0.00564. The summed E-state index contributed by atoms with van der Waals surface area (Å²) in [6.45, 7) is 35.9. The molecule has 4 aliphatic rings. The number of alkyl carbamates (subject to hydrolysis) is 2. The van der Waals surface area contributed by atoms with E-state index < -0.39 is 64.3 Å². The van der Waals surface area contributed by atoms with E-state index in [2.05, 4.69) is 108 Å². The molecule has 0 radical (unpaired) electrons. The number of hydrogen-bond acceptors (Lipinski definition) is 21. The van der Waals surface area contributed by atoms with Crippen molar-refractivity contribution in [2.45, 2.75) is 228 Å². The molecule has 740 valence electrons. The second kappa shape index (κ2) is 50.6. The maximum Gasteiger partial charge on any atom is 0.407 e. The number of H-pyrrole nitrogens is 2. The van der Waals surface area contributed by atoms with Crippen molar-refractivity contribution in [1.29, 1.82) is 0 Å². The summed E-state index contributed by atoms with van der Waals surface area (Å²) >= 11 is 0. The number of aromatic amines is 2. The smallest absolute Gasteiger partial charge is 0.407 e. The number of methoxy groups -OCH3 is 4. The largest absolute Gasteiger partial charge is 0.469 e. The third kappa shape index (κ3) is 29.3. The third-order valence-electron chi connectivity index (χ3n) is 25.5. The number of piperazine rings is 1. The van der Waals surface area contributed by atoms with E-state index in [9.17, 15) is 43.2 Å². The fourth-order valence-corrected chi connectivity index (χ4v) is 18.8. The van der Waals surface area contributed by atoms with Crippen molar-refractivity contribution >= 4 is 75.9 Å². The van der Waals surface area contributed by atoms with Gasteiger partial charge in [0.1, 0.15) is 54.9 Å². The van der Waals surface area contributed by atoms with Crippen molar-refractivity contribution < 1.29 is 76.4 Å². The normalized spacial score (nSPS) is 16.9. The second-order valence-corrected chi connectivity index (χ2v) is 50.5. The second-order valence-electron chi connectivity index (χ2n) is 39.2. The number of nitrogens with one attached hydrogen (secondary N) is 4. The Bertz CT molecular complexity index is 5630. The molecule has 4 aromatic carbocycles. The van der Waals surface area contributed by atoms with Crippen molar-refractivity contribution in [3.05, 3.63) is 167 Å². The van der Waals surface area contributed by atoms with Crippen LogP contribution in [0.3, 0.4) is 0 Å². The fraction of sp³-hybridized carbons (Fsp3) is 0.519. The van der Waals surface area contributed by atoms with Crippen LogP contribution in [0.2, 0.25) is 51.4 Å². The zero-order valence-corrected chi connectivity index (χ0v) is 85.9. The number of amides is 7. The molecule has 4 saturated heterocycles. The summed E-state index contributed by atoms with van der Waals surface area (Å²) in [6, 6.07) is 31.2. The van der Waals surface area contributed by atoms with Crippen molar-refractivity contribution in [2.24, 2.45) is 40.5 Å². The Labute approximate surface area is 814 Å². The van der Waals surface area contributed by atoms with Gasteiger partial charge in [0.2, 0.25) is 35.6 Å². The number of imidazole rings is 4. The zero-order chi connectivity index (χ0) is 100. The summed E-state index contributed by atoms with van der Waals surface area (Å²) in [7, 11) is 3.99. The molecular formula is C104H140N16O16Si2. The van der Waals surface area contributed by atoms with E-state index in [1.807, 2.05) is 182 Å². The highest BCUT2D eigenvalue weighted by Gasteiger charge is 2.44. The summed E-state index contributed by atoms with van der Waals surface area (Å²) in [6.07, 6.45) is 13.6. The fourth-order valence-electron chi connectivity index (χ4n) is 17.3. The Hall–Kier alpha value is -12.6. The molecule has 0 unspecified atom stereocenters. The van der Waals surface area contributed by atoms with Crippen molar-refractivity contribution in [3.8, 4) is 68.7 Å². The first-order valence-electron chi connectivity index (χ1n) is 48.0. The third-order valence-corrected chi connectivity index (χ3v) is 28.9. The summed E-state index contributed by atoms with van der Waals surface area (Å²) in [5.41, 5.74) is 10.3. The Morgan fingerprint density at radius 2 is 0.877 bits per heavy atom. The molecule has 0 saturated carbocycles. The van der Waals surface area contributed by atoms with Gasteiger partial charge in [0, 0.05) is 116 Å². The monoisotopic (exact) mass is 1930 g/mol. The topological polar surface area (TPSA) is 372 Å². The summed E-state index contributed by atoms with van der Waals surface area (Å²) in [4.78, 5) is 165. The number of rotatable bonds is 33. The maximum atomic E-state index is 14.2. The van der Waals surface area contributed by atoms with Gasteiger partial charge in [-0.1, -0.05) is 174 Å². The molecule has 8 aromatic rings. The van der Waals surface area contributed by atoms with Gasteiger partial charge in [-0.05, 0) is 146 Å². The number of nitrogens with zero attached hydrogens (tertiary/aromatic N) is 12. The van der Waals surface area contributed by atoms with Gasteiger partial charge in [-0.15, -0.1) is 0 Å². The molecule has 0 aliphatic carbocycles. The average Bonchev–Trinajstić information content (AvgIpc) is 1.63. The Kier molecular flexibility index (Phi) is 39.4. The number of aliphatic imine (C=N–C) groups is 1. The maximum absolute atomic E-state index is 14.2. The molecule has 4 aromatic heterocycles. The molecule has 8 heterocycles. The molecule has 34 heteroatoms. The number of aromatic nitrogens is 8. The number of ether oxygens (including phenoxy) is 6. The number of likely N-dealkylation sites (tertiary alicyclic amines) is 3. The number of piperidine rings is 1. The minimum absolute atomic E-state index is 0.00829. The number of carbonyl (C=O) groups is 9. The minimum atomic E-state index is -1.34. The van der Waals surface area contributed by atoms with Crippen LogP contribution in [0, 0.1) is 59.2 Å². The van der Waals surface area contributed by atoms with Crippen molar-refractivity contribution in [1.82, 2.24) is 74.2 Å². The van der Waals surface area contributed by atoms with Gasteiger partial charge in [0.05, 0.1) is 113 Å². The lowest BCUT2D eigenvalue weighted by Gasteiger charge is -2.42. The lowest BCUT2D eigenvalue weighted by molar-refractivity contribution is -0.152. The SMILES string of the molecule is CCC(=O)N1CCN(C(=O)[C@@H](CC(=O)OC)C(C)C)[C@H](c2ncc(-c3ccc(C#Cc4ccc(-c5cnc([C@@H]6CCCN6C(=O)[C@@H](NC(=O)OC)C(C)C)[nH]5)cc4)cc3)[nH]2)C1.CN=C=O.COC(=O)C[C@H](C(=O)N1CCCC[C@H]1c1nc(-c2ccc(C#Cc3ccc(-c4cnc([C@@H]5CCCN5C(=O)[C@@H](NC(=O)OC)C(C)C)n4COCC[Si](C)(C)C)cc3)cc2)cn1COCC[Si](C)(C)C)C(C)C. The molecule has 4 aliphatic heterocycles. The van der Waals surface area contributed by atoms with Gasteiger partial charge in [0.15, 0.2) is 0 Å². The summed E-state index contributed by atoms with van der Waals surface area (Å²) < 4.78 is 36.3. The molecule has 0 bridgehead atoms. The first kappa shape index (κ1) is 107. The lowest BCUT2D eigenvalue weighted by Crippen LogP contribution is -2.54. The van der Waals surface area contributed by atoms with Crippen LogP contribution in [0.25, 0.3) is 45.0 Å². The van der Waals surface area contributed by atoms with Crippen LogP contribution < -0.4 is 10.6 Å². The standard InChI is InChI=1S/C56H81N7O8Si2.C46H56N8O7.C2H3NO/c1-39(2)45(34-50(64)68-5)54(65)61-28-14-13-16-48(61)53-58-46(36-60(53)37-70-30-32-72(7,8)9)43-24-20-41(21-25-43)18-19-42-22-26-44(27-23-42)49-35-57-52(63(49)38-71-31-33-73(10,11)12)47-17-15-29-62(47)55(66)51(40(3)4)59-56(67)69-6;1-8-39(55)52-22-23-54(44(57)34(28(2)3)24-40(56)60-6)38(27-52)43-48-26-36(50-43)33-19-15-31(16-20-33)12-11-30-13-17-32(18-14-30)35-25-47-42(49-35)37-10-9-21-53(37)45(58)41(29(4)5)51-46(59)61-7;1-3-2-4/h20-27,35-36,39-40,45,47-48,51H,13-17,28-34,37-38H2,1-12H3,(H,59,67);13-20,25-26,28-29,34,37-38,41H,8-10,21-24,27H2,1-7H3,(H,47,49)(H,48,50)(H,51,59);1H3/t45-,47-,48-,51-;34-,37-,38-,41-;/m00./s1. The van der Waals surface area contributed by atoms with Crippen LogP contribution in [-0.4, -0.2) is 239 Å². The number of hydrogen-bond donors (Lipinski definition) is 4. The first-order valence-corrected chi connectivity index (χ1v) is 55.4. The molecule has 0 spiro atoms. The van der Waals surface area contributed by atoms with E-state index in [0.29, 0.717) is 84.0 Å². The molecule has 12 rings (SSSR count). The summed E-state index contributed by atoms with van der Waals surface area (Å²) in [5.74, 6) is 13.2. The number of benzene rings is 4. The Balaban J connectivity index is 0.000000278. The van der Waals surface area contributed by atoms with E-state index in [0.717, 1.165) is 136 Å². The number of carbonyl (C=O) groups excluding carboxylic acids is 10.